The second-order valence-corrected chi connectivity index (χ2v) is 5.24. The summed E-state index contributed by atoms with van der Waals surface area (Å²) in [5.74, 6) is 1.14. The zero-order valence-corrected chi connectivity index (χ0v) is 12.9. The zero-order chi connectivity index (χ0) is 15.1. The standard InChI is InChI=1S/C15H20ClNO4/c1-19-5-2-4-17-14(18)10-11-8-12(16)15-13(9-11)20-6-3-7-21-15/h8-9H,2-7,10H2,1H3,(H,17,18). The Morgan fingerprint density at radius 2 is 2.19 bits per heavy atom. The molecule has 0 radical (unpaired) electrons. The molecule has 21 heavy (non-hydrogen) atoms. The fourth-order valence-electron chi connectivity index (χ4n) is 2.08. The molecular formula is C15H20ClNO4. The first-order chi connectivity index (χ1) is 10.2. The van der Waals surface area contributed by atoms with Crippen molar-refractivity contribution in [3.63, 3.8) is 0 Å². The van der Waals surface area contributed by atoms with Gasteiger partial charge in [-0.05, 0) is 24.1 Å². The van der Waals surface area contributed by atoms with Crippen LogP contribution in [0.15, 0.2) is 12.1 Å². The third-order valence-corrected chi connectivity index (χ3v) is 3.35. The Morgan fingerprint density at radius 3 is 3.00 bits per heavy atom. The van der Waals surface area contributed by atoms with Crippen LogP contribution in [0.25, 0.3) is 0 Å². The maximum absolute atomic E-state index is 11.9. The smallest absolute Gasteiger partial charge is 0.224 e. The van der Waals surface area contributed by atoms with Crippen LogP contribution in [0.3, 0.4) is 0 Å². The van der Waals surface area contributed by atoms with Gasteiger partial charge in [0.2, 0.25) is 5.91 Å². The first-order valence-corrected chi connectivity index (χ1v) is 7.42. The van der Waals surface area contributed by atoms with Crippen LogP contribution in [0.2, 0.25) is 5.02 Å². The lowest BCUT2D eigenvalue weighted by atomic mass is 10.1. The van der Waals surface area contributed by atoms with Gasteiger partial charge in [-0.1, -0.05) is 11.6 Å². The topological polar surface area (TPSA) is 56.8 Å². The van der Waals surface area contributed by atoms with Crippen molar-refractivity contribution in [3.05, 3.63) is 22.7 Å². The first kappa shape index (κ1) is 15.9. The molecule has 116 valence electrons. The van der Waals surface area contributed by atoms with Gasteiger partial charge in [0.15, 0.2) is 11.5 Å². The SMILES string of the molecule is COCCCNC(=O)Cc1cc(Cl)c2c(c1)OCCCO2. The Hall–Kier alpha value is -1.46. The van der Waals surface area contributed by atoms with E-state index in [0.29, 0.717) is 42.9 Å². The number of halogens is 1. The van der Waals surface area contributed by atoms with Gasteiger partial charge in [-0.25, -0.2) is 0 Å². The quantitative estimate of drug-likeness (QED) is 0.818. The number of carbonyl (C=O) groups is 1. The minimum Gasteiger partial charge on any atom is -0.489 e. The number of carbonyl (C=O) groups excluding carboxylic acids is 1. The van der Waals surface area contributed by atoms with Crippen molar-refractivity contribution in [2.75, 3.05) is 33.5 Å². The molecule has 1 aliphatic rings. The summed E-state index contributed by atoms with van der Waals surface area (Å²) in [6.07, 6.45) is 1.88. The molecule has 1 aromatic rings. The van der Waals surface area contributed by atoms with Gasteiger partial charge in [-0.3, -0.25) is 4.79 Å². The molecule has 0 saturated heterocycles. The normalized spacial score (nSPS) is 13.6. The Bertz CT molecular complexity index is 493. The maximum Gasteiger partial charge on any atom is 0.224 e. The summed E-state index contributed by atoms with van der Waals surface area (Å²) in [4.78, 5) is 11.9. The largest absolute Gasteiger partial charge is 0.489 e. The van der Waals surface area contributed by atoms with Crippen molar-refractivity contribution >= 4 is 17.5 Å². The van der Waals surface area contributed by atoms with Gasteiger partial charge in [0.1, 0.15) is 0 Å². The molecule has 1 heterocycles. The molecular weight excluding hydrogens is 294 g/mol. The molecule has 1 N–H and O–H groups in total. The van der Waals surface area contributed by atoms with Crippen LogP contribution in [-0.2, 0) is 16.0 Å². The highest BCUT2D eigenvalue weighted by molar-refractivity contribution is 6.32. The molecule has 0 fully saturated rings. The number of hydrogen-bond acceptors (Lipinski definition) is 4. The monoisotopic (exact) mass is 313 g/mol. The van der Waals surface area contributed by atoms with Gasteiger partial charge in [0, 0.05) is 26.7 Å². The molecule has 2 rings (SSSR count). The van der Waals surface area contributed by atoms with E-state index in [2.05, 4.69) is 5.32 Å². The molecule has 5 nitrogen and oxygen atoms in total. The summed E-state index contributed by atoms with van der Waals surface area (Å²) < 4.78 is 16.1. The molecule has 6 heteroatoms. The molecule has 0 bridgehead atoms. The van der Waals surface area contributed by atoms with Crippen LogP contribution in [0, 0.1) is 0 Å². The van der Waals surface area contributed by atoms with Crippen LogP contribution >= 0.6 is 11.6 Å². The lowest BCUT2D eigenvalue weighted by Crippen LogP contribution is -2.26. The van der Waals surface area contributed by atoms with Crippen LogP contribution in [0.5, 0.6) is 11.5 Å². The highest BCUT2D eigenvalue weighted by Crippen LogP contribution is 2.38. The predicted octanol–water partition coefficient (Wildman–Crippen LogP) is 2.20. The molecule has 0 unspecified atom stereocenters. The van der Waals surface area contributed by atoms with Gasteiger partial charge in [-0.15, -0.1) is 0 Å². The Labute approximate surface area is 129 Å². The van der Waals surface area contributed by atoms with Gasteiger partial charge in [0.25, 0.3) is 0 Å². The number of hydrogen-bond donors (Lipinski definition) is 1. The van der Waals surface area contributed by atoms with E-state index < -0.39 is 0 Å². The summed E-state index contributed by atoms with van der Waals surface area (Å²) in [6, 6.07) is 3.57. The highest BCUT2D eigenvalue weighted by Gasteiger charge is 2.16. The van der Waals surface area contributed by atoms with Gasteiger partial charge in [-0.2, -0.15) is 0 Å². The van der Waals surface area contributed by atoms with E-state index in [0.717, 1.165) is 18.4 Å². The van der Waals surface area contributed by atoms with Crippen LogP contribution in [0.1, 0.15) is 18.4 Å². The van der Waals surface area contributed by atoms with Gasteiger partial charge in [0.05, 0.1) is 24.7 Å². The number of benzene rings is 1. The average molecular weight is 314 g/mol. The number of amides is 1. The van der Waals surface area contributed by atoms with Crippen molar-refractivity contribution in [2.45, 2.75) is 19.3 Å². The fourth-order valence-corrected chi connectivity index (χ4v) is 2.37. The summed E-state index contributed by atoms with van der Waals surface area (Å²) in [7, 11) is 1.64. The Morgan fingerprint density at radius 1 is 1.38 bits per heavy atom. The first-order valence-electron chi connectivity index (χ1n) is 7.04. The van der Waals surface area contributed by atoms with E-state index in [-0.39, 0.29) is 12.3 Å². The predicted molar refractivity (Wildman–Crippen MR) is 80.3 cm³/mol. The summed E-state index contributed by atoms with van der Waals surface area (Å²) in [5, 5.41) is 3.33. The lowest BCUT2D eigenvalue weighted by Gasteiger charge is -2.11. The highest BCUT2D eigenvalue weighted by atomic mass is 35.5. The van der Waals surface area contributed by atoms with Crippen molar-refractivity contribution in [2.24, 2.45) is 0 Å². The summed E-state index contributed by atoms with van der Waals surface area (Å²) >= 11 is 6.20. The molecule has 1 aliphatic heterocycles. The molecule has 0 aromatic heterocycles. The van der Waals surface area contributed by atoms with E-state index in [1.165, 1.54) is 0 Å². The number of methoxy groups -OCH3 is 1. The third-order valence-electron chi connectivity index (χ3n) is 3.07. The number of ether oxygens (including phenoxy) is 3. The number of rotatable bonds is 6. The minimum absolute atomic E-state index is 0.0448. The van der Waals surface area contributed by atoms with Gasteiger partial charge < -0.3 is 19.5 Å². The van der Waals surface area contributed by atoms with Crippen molar-refractivity contribution in [1.82, 2.24) is 5.32 Å². The lowest BCUT2D eigenvalue weighted by molar-refractivity contribution is -0.120. The molecule has 1 amide bonds. The van der Waals surface area contributed by atoms with E-state index in [1.54, 1.807) is 13.2 Å². The summed E-state index contributed by atoms with van der Waals surface area (Å²) in [6.45, 7) is 2.42. The Kier molecular flexibility index (Phi) is 6.14. The molecule has 0 atom stereocenters. The molecule has 0 spiro atoms. The maximum atomic E-state index is 11.9. The minimum atomic E-state index is -0.0448. The van der Waals surface area contributed by atoms with Crippen molar-refractivity contribution in [3.8, 4) is 11.5 Å². The second-order valence-electron chi connectivity index (χ2n) is 4.83. The average Bonchev–Trinajstić information content (AvgIpc) is 2.69. The van der Waals surface area contributed by atoms with Crippen LogP contribution < -0.4 is 14.8 Å². The van der Waals surface area contributed by atoms with E-state index >= 15 is 0 Å². The van der Waals surface area contributed by atoms with Crippen LogP contribution in [-0.4, -0.2) is 39.4 Å². The van der Waals surface area contributed by atoms with Gasteiger partial charge >= 0.3 is 0 Å². The van der Waals surface area contributed by atoms with E-state index in [1.807, 2.05) is 6.07 Å². The zero-order valence-electron chi connectivity index (χ0n) is 12.1. The Balaban J connectivity index is 1.96. The van der Waals surface area contributed by atoms with E-state index in [9.17, 15) is 4.79 Å². The van der Waals surface area contributed by atoms with Crippen molar-refractivity contribution < 1.29 is 19.0 Å². The third kappa shape index (κ3) is 4.79. The number of nitrogens with one attached hydrogen (secondary N) is 1. The van der Waals surface area contributed by atoms with Crippen molar-refractivity contribution in [1.29, 1.82) is 0 Å². The van der Waals surface area contributed by atoms with E-state index in [4.69, 9.17) is 25.8 Å². The fraction of sp³-hybridized carbons (Fsp3) is 0.533. The molecule has 0 aliphatic carbocycles. The second kappa shape index (κ2) is 8.10. The summed E-state index contributed by atoms with van der Waals surface area (Å²) in [5.41, 5.74) is 0.813. The van der Waals surface area contributed by atoms with Crippen LogP contribution in [0.4, 0.5) is 0 Å². The molecule has 1 aromatic carbocycles. The number of fused-ring (bicyclic) bond motifs is 1. The molecule has 0 saturated carbocycles.